The van der Waals surface area contributed by atoms with Crippen molar-refractivity contribution >= 4 is 17.3 Å². The number of nitrogens with one attached hydrogen (secondary N) is 2. The highest BCUT2D eigenvalue weighted by atomic mass is 32.1. The molecule has 0 spiro atoms. The summed E-state index contributed by atoms with van der Waals surface area (Å²) in [5.41, 5.74) is 1.98. The summed E-state index contributed by atoms with van der Waals surface area (Å²) in [6.07, 6.45) is 0. The van der Waals surface area contributed by atoms with Crippen LogP contribution in [0.3, 0.4) is 0 Å². The van der Waals surface area contributed by atoms with E-state index in [2.05, 4.69) is 39.8 Å². The molecule has 8 heteroatoms. The molecule has 148 valence electrons. The van der Waals surface area contributed by atoms with E-state index in [1.165, 1.54) is 14.2 Å². The molecule has 1 heterocycles. The highest BCUT2D eigenvalue weighted by molar-refractivity contribution is 7.09. The molecule has 0 radical (unpaired) electrons. The lowest BCUT2D eigenvalue weighted by molar-refractivity contribution is 0.339. The van der Waals surface area contributed by atoms with Crippen LogP contribution in [0.1, 0.15) is 43.0 Å². The Kier molecular flexibility index (Phi) is 7.72. The molecule has 0 aliphatic carbocycles. The fourth-order valence-corrected chi connectivity index (χ4v) is 3.28. The number of thiazole rings is 1. The van der Waals surface area contributed by atoms with Gasteiger partial charge in [0.2, 0.25) is 5.75 Å². The van der Waals surface area contributed by atoms with Crippen molar-refractivity contribution in [3.8, 4) is 17.2 Å². The molecule has 0 aliphatic rings. The van der Waals surface area contributed by atoms with Gasteiger partial charge in [-0.2, -0.15) is 0 Å². The van der Waals surface area contributed by atoms with Gasteiger partial charge in [0.25, 0.3) is 0 Å². The maximum Gasteiger partial charge on any atom is 0.200 e. The number of nitrogens with zero attached hydrogens (tertiary/aromatic N) is 2. The molecule has 3 N–H and O–H groups in total. The summed E-state index contributed by atoms with van der Waals surface area (Å²) in [5, 5.41) is 19.7. The van der Waals surface area contributed by atoms with Gasteiger partial charge in [-0.05, 0) is 30.5 Å². The molecule has 0 unspecified atom stereocenters. The molecule has 0 saturated heterocycles. The summed E-state index contributed by atoms with van der Waals surface area (Å²) < 4.78 is 10.4. The molecule has 0 bridgehead atoms. The number of guanidine groups is 1. The van der Waals surface area contributed by atoms with Crippen molar-refractivity contribution in [3.63, 3.8) is 0 Å². The van der Waals surface area contributed by atoms with Crippen LogP contribution < -0.4 is 20.1 Å². The first-order valence-corrected chi connectivity index (χ1v) is 9.76. The molecule has 27 heavy (non-hydrogen) atoms. The van der Waals surface area contributed by atoms with Crippen LogP contribution in [0.5, 0.6) is 17.2 Å². The van der Waals surface area contributed by atoms with Crippen molar-refractivity contribution in [2.75, 3.05) is 20.8 Å². The van der Waals surface area contributed by atoms with E-state index in [4.69, 9.17) is 9.47 Å². The number of hydrogen-bond acceptors (Lipinski definition) is 6. The molecule has 2 rings (SSSR count). The molecule has 0 fully saturated rings. The Bertz CT molecular complexity index is 749. The van der Waals surface area contributed by atoms with Crippen LogP contribution >= 0.6 is 11.3 Å². The molecular weight excluding hydrogens is 364 g/mol. The van der Waals surface area contributed by atoms with Gasteiger partial charge in [0.15, 0.2) is 17.5 Å². The van der Waals surface area contributed by atoms with Crippen molar-refractivity contribution in [1.82, 2.24) is 15.6 Å². The molecular formula is C19H28N4O3S. The number of aliphatic imine (C=N–C) groups is 1. The van der Waals surface area contributed by atoms with Gasteiger partial charge in [-0.15, -0.1) is 11.3 Å². The summed E-state index contributed by atoms with van der Waals surface area (Å²) in [4.78, 5) is 9.23. The first-order chi connectivity index (χ1) is 13.0. The molecule has 0 amide bonds. The SMILES string of the molecule is CCNC(=NCc1cc(OC)c(O)c(OC)c1)NCc1nc(C(C)C)cs1. The summed E-state index contributed by atoms with van der Waals surface area (Å²) in [6, 6.07) is 3.50. The number of aromatic nitrogens is 1. The monoisotopic (exact) mass is 392 g/mol. The fraction of sp³-hybridized carbons (Fsp3) is 0.474. The van der Waals surface area contributed by atoms with Gasteiger partial charge < -0.3 is 25.2 Å². The van der Waals surface area contributed by atoms with E-state index < -0.39 is 0 Å². The fourth-order valence-electron chi connectivity index (χ4n) is 2.38. The summed E-state index contributed by atoms with van der Waals surface area (Å²) in [5.74, 6) is 1.84. The second-order valence-corrected chi connectivity index (χ2v) is 7.16. The third kappa shape index (κ3) is 5.75. The van der Waals surface area contributed by atoms with Gasteiger partial charge in [0, 0.05) is 11.9 Å². The number of ether oxygens (including phenoxy) is 2. The van der Waals surface area contributed by atoms with Crippen LogP contribution in [0, 0.1) is 0 Å². The van der Waals surface area contributed by atoms with Gasteiger partial charge in [0.05, 0.1) is 33.0 Å². The Morgan fingerprint density at radius 2 is 1.89 bits per heavy atom. The van der Waals surface area contributed by atoms with E-state index in [9.17, 15) is 5.11 Å². The average molecular weight is 393 g/mol. The molecule has 2 aromatic rings. The normalized spacial score (nSPS) is 11.6. The number of rotatable bonds is 8. The van der Waals surface area contributed by atoms with E-state index in [0.717, 1.165) is 22.8 Å². The van der Waals surface area contributed by atoms with Gasteiger partial charge in [-0.3, -0.25) is 0 Å². The van der Waals surface area contributed by atoms with Gasteiger partial charge >= 0.3 is 0 Å². The van der Waals surface area contributed by atoms with Gasteiger partial charge in [-0.25, -0.2) is 9.98 Å². The standard InChI is InChI=1S/C19H28N4O3S/c1-6-20-19(22-10-17-23-14(11-27-17)12(2)3)21-9-13-7-15(25-4)18(24)16(8-13)26-5/h7-8,11-12,24H,6,9-10H2,1-5H3,(H2,20,21,22). The first kappa shape index (κ1) is 20.8. The zero-order valence-corrected chi connectivity index (χ0v) is 17.3. The first-order valence-electron chi connectivity index (χ1n) is 8.88. The molecule has 0 atom stereocenters. The van der Waals surface area contributed by atoms with E-state index in [1.807, 2.05) is 6.92 Å². The minimum atomic E-state index is -0.0116. The Morgan fingerprint density at radius 3 is 2.41 bits per heavy atom. The lowest BCUT2D eigenvalue weighted by atomic mass is 10.2. The molecule has 1 aromatic carbocycles. The van der Waals surface area contributed by atoms with Crippen molar-refractivity contribution < 1.29 is 14.6 Å². The third-order valence-electron chi connectivity index (χ3n) is 3.87. The number of phenols is 1. The predicted octanol–water partition coefficient (Wildman–Crippen LogP) is 3.24. The van der Waals surface area contributed by atoms with E-state index >= 15 is 0 Å². The molecule has 0 aliphatic heterocycles. The highest BCUT2D eigenvalue weighted by Crippen LogP contribution is 2.37. The Balaban J connectivity index is 2.08. The van der Waals surface area contributed by atoms with Crippen molar-refractivity contribution in [3.05, 3.63) is 33.8 Å². The third-order valence-corrected chi connectivity index (χ3v) is 4.74. The number of benzene rings is 1. The molecule has 1 aromatic heterocycles. The Labute approximate surface area is 164 Å². The molecule has 0 saturated carbocycles. The minimum Gasteiger partial charge on any atom is -0.502 e. The van der Waals surface area contributed by atoms with Crippen LogP contribution in [0.15, 0.2) is 22.5 Å². The van der Waals surface area contributed by atoms with Crippen LogP contribution in [0.2, 0.25) is 0 Å². The van der Waals surface area contributed by atoms with Crippen LogP contribution in [-0.4, -0.2) is 36.8 Å². The zero-order valence-electron chi connectivity index (χ0n) is 16.5. The van der Waals surface area contributed by atoms with Crippen molar-refractivity contribution in [1.29, 1.82) is 0 Å². The predicted molar refractivity (Wildman–Crippen MR) is 109 cm³/mol. The quantitative estimate of drug-likeness (QED) is 0.472. The van der Waals surface area contributed by atoms with Gasteiger partial charge in [-0.1, -0.05) is 13.8 Å². The zero-order chi connectivity index (χ0) is 19.8. The Hall–Kier alpha value is -2.48. The largest absolute Gasteiger partial charge is 0.502 e. The van der Waals surface area contributed by atoms with Crippen LogP contribution in [-0.2, 0) is 13.1 Å². The molecule has 7 nitrogen and oxygen atoms in total. The number of aromatic hydroxyl groups is 1. The van der Waals surface area contributed by atoms with E-state index in [0.29, 0.717) is 36.5 Å². The maximum absolute atomic E-state index is 10.0. The minimum absolute atomic E-state index is 0.0116. The summed E-state index contributed by atoms with van der Waals surface area (Å²) in [6.45, 7) is 8.08. The number of phenolic OH excluding ortho intramolecular Hbond substituents is 1. The van der Waals surface area contributed by atoms with Crippen LogP contribution in [0.25, 0.3) is 0 Å². The van der Waals surface area contributed by atoms with Crippen molar-refractivity contribution in [2.45, 2.75) is 39.8 Å². The summed E-state index contributed by atoms with van der Waals surface area (Å²) in [7, 11) is 3.01. The van der Waals surface area contributed by atoms with Gasteiger partial charge in [0.1, 0.15) is 5.01 Å². The average Bonchev–Trinajstić information content (AvgIpc) is 3.14. The summed E-state index contributed by atoms with van der Waals surface area (Å²) >= 11 is 1.65. The smallest absolute Gasteiger partial charge is 0.200 e. The lowest BCUT2D eigenvalue weighted by Crippen LogP contribution is -2.36. The Morgan fingerprint density at radius 1 is 1.22 bits per heavy atom. The lowest BCUT2D eigenvalue weighted by Gasteiger charge is -2.12. The second-order valence-electron chi connectivity index (χ2n) is 6.22. The van der Waals surface area contributed by atoms with Crippen LogP contribution in [0.4, 0.5) is 0 Å². The number of methoxy groups -OCH3 is 2. The van der Waals surface area contributed by atoms with E-state index in [1.54, 1.807) is 23.5 Å². The maximum atomic E-state index is 10.0. The van der Waals surface area contributed by atoms with E-state index in [-0.39, 0.29) is 5.75 Å². The second kappa shape index (κ2) is 10.0. The topological polar surface area (TPSA) is 88.0 Å². The van der Waals surface area contributed by atoms with Crippen molar-refractivity contribution in [2.24, 2.45) is 4.99 Å². The highest BCUT2D eigenvalue weighted by Gasteiger charge is 2.11. The number of hydrogen-bond donors (Lipinski definition) is 3.